The van der Waals surface area contributed by atoms with Gasteiger partial charge in [0, 0.05) is 6.42 Å². The number of hydrazine groups is 1. The molecule has 0 fully saturated rings. The van der Waals surface area contributed by atoms with Crippen LogP contribution in [0.3, 0.4) is 0 Å². The zero-order chi connectivity index (χ0) is 15.8. The minimum absolute atomic E-state index is 0.0227. The molecule has 0 saturated carbocycles. The van der Waals surface area contributed by atoms with Gasteiger partial charge in [-0.15, -0.1) is 0 Å². The number of nitrogens with two attached hydrogens (primary N) is 1. The SMILES string of the molecule is CCC/C(OCC)=C(\NC(=O)OC(C)(C)C)C(=O)NN. The molecule has 0 aliphatic rings. The van der Waals surface area contributed by atoms with Crippen molar-refractivity contribution in [1.82, 2.24) is 10.7 Å². The van der Waals surface area contributed by atoms with E-state index in [1.165, 1.54) is 0 Å². The molecule has 0 unspecified atom stereocenters. The molecule has 0 aromatic rings. The van der Waals surface area contributed by atoms with Crippen LogP contribution in [0.4, 0.5) is 4.79 Å². The highest BCUT2D eigenvalue weighted by atomic mass is 16.6. The van der Waals surface area contributed by atoms with Crippen LogP contribution in [0.2, 0.25) is 0 Å². The summed E-state index contributed by atoms with van der Waals surface area (Å²) >= 11 is 0. The summed E-state index contributed by atoms with van der Waals surface area (Å²) in [5.41, 5.74) is 1.30. The molecule has 7 nitrogen and oxygen atoms in total. The zero-order valence-electron chi connectivity index (χ0n) is 12.8. The van der Waals surface area contributed by atoms with E-state index in [1.807, 2.05) is 12.3 Å². The van der Waals surface area contributed by atoms with Gasteiger partial charge in [-0.05, 0) is 34.1 Å². The Kier molecular flexibility index (Phi) is 7.68. The average Bonchev–Trinajstić information content (AvgIpc) is 2.32. The number of amides is 2. The largest absolute Gasteiger partial charge is 0.496 e. The lowest BCUT2D eigenvalue weighted by atomic mass is 10.2. The van der Waals surface area contributed by atoms with Crippen molar-refractivity contribution in [3.8, 4) is 0 Å². The quantitative estimate of drug-likeness (QED) is 0.226. The van der Waals surface area contributed by atoms with Crippen molar-refractivity contribution in [3.05, 3.63) is 11.5 Å². The molecule has 0 radical (unpaired) electrons. The molecule has 2 amide bonds. The topological polar surface area (TPSA) is 103 Å². The molecule has 0 aromatic heterocycles. The van der Waals surface area contributed by atoms with E-state index in [4.69, 9.17) is 15.3 Å². The van der Waals surface area contributed by atoms with Gasteiger partial charge in [-0.25, -0.2) is 10.6 Å². The van der Waals surface area contributed by atoms with E-state index in [1.54, 1.807) is 27.7 Å². The molecule has 0 rings (SSSR count). The number of allylic oxidation sites excluding steroid dienone is 1. The molecule has 0 atom stereocenters. The van der Waals surface area contributed by atoms with Gasteiger partial charge in [-0.2, -0.15) is 0 Å². The second-order valence-electron chi connectivity index (χ2n) is 5.08. The van der Waals surface area contributed by atoms with Gasteiger partial charge in [0.1, 0.15) is 17.1 Å². The van der Waals surface area contributed by atoms with Crippen molar-refractivity contribution in [3.63, 3.8) is 0 Å². The summed E-state index contributed by atoms with van der Waals surface area (Å²) in [6.45, 7) is 9.30. The number of ether oxygens (including phenoxy) is 2. The monoisotopic (exact) mass is 287 g/mol. The van der Waals surface area contributed by atoms with E-state index >= 15 is 0 Å². The predicted molar refractivity (Wildman–Crippen MR) is 75.3 cm³/mol. The molecule has 0 aliphatic heterocycles. The summed E-state index contributed by atoms with van der Waals surface area (Å²) in [5.74, 6) is 4.87. The maximum absolute atomic E-state index is 11.8. The summed E-state index contributed by atoms with van der Waals surface area (Å²) in [5, 5.41) is 2.40. The fourth-order valence-corrected chi connectivity index (χ4v) is 1.40. The fraction of sp³-hybridized carbons (Fsp3) is 0.692. The first-order chi connectivity index (χ1) is 9.25. The first kappa shape index (κ1) is 18.2. The predicted octanol–water partition coefficient (Wildman–Crippen LogP) is 1.55. The number of nitrogens with one attached hydrogen (secondary N) is 2. The van der Waals surface area contributed by atoms with Gasteiger partial charge in [0.2, 0.25) is 0 Å². The molecule has 0 aliphatic carbocycles. The molecule has 0 heterocycles. The number of carbonyl (C=O) groups excluding carboxylic acids is 2. The Balaban J connectivity index is 5.18. The van der Waals surface area contributed by atoms with Crippen LogP contribution < -0.4 is 16.6 Å². The van der Waals surface area contributed by atoms with E-state index in [2.05, 4.69) is 5.32 Å². The maximum atomic E-state index is 11.8. The number of rotatable bonds is 6. The molecule has 0 saturated heterocycles. The Bertz CT molecular complexity index is 364. The first-order valence-electron chi connectivity index (χ1n) is 6.62. The summed E-state index contributed by atoms with van der Waals surface area (Å²) in [6.07, 6.45) is 0.531. The lowest BCUT2D eigenvalue weighted by Crippen LogP contribution is -2.41. The minimum Gasteiger partial charge on any atom is -0.496 e. The van der Waals surface area contributed by atoms with Crippen molar-refractivity contribution in [2.75, 3.05) is 6.61 Å². The van der Waals surface area contributed by atoms with Crippen molar-refractivity contribution in [2.45, 2.75) is 53.1 Å². The summed E-state index contributed by atoms with van der Waals surface area (Å²) < 4.78 is 10.5. The van der Waals surface area contributed by atoms with Crippen LogP contribution in [0.15, 0.2) is 11.5 Å². The van der Waals surface area contributed by atoms with E-state index < -0.39 is 17.6 Å². The van der Waals surface area contributed by atoms with E-state index in [0.29, 0.717) is 18.8 Å². The highest BCUT2D eigenvalue weighted by Crippen LogP contribution is 2.13. The number of hydrogen-bond acceptors (Lipinski definition) is 5. The van der Waals surface area contributed by atoms with Gasteiger partial charge < -0.3 is 9.47 Å². The van der Waals surface area contributed by atoms with Crippen LogP contribution in [0.1, 0.15) is 47.5 Å². The second kappa shape index (κ2) is 8.42. The zero-order valence-corrected chi connectivity index (χ0v) is 12.8. The highest BCUT2D eigenvalue weighted by molar-refractivity contribution is 5.96. The maximum Gasteiger partial charge on any atom is 0.412 e. The van der Waals surface area contributed by atoms with Gasteiger partial charge in [-0.3, -0.25) is 15.5 Å². The van der Waals surface area contributed by atoms with Crippen LogP contribution in [0.5, 0.6) is 0 Å². The molecule has 4 N–H and O–H groups in total. The molecule has 0 aromatic carbocycles. The number of alkyl carbamates (subject to hydrolysis) is 1. The van der Waals surface area contributed by atoms with Crippen molar-refractivity contribution in [2.24, 2.45) is 5.84 Å². The Morgan fingerprint density at radius 3 is 2.20 bits per heavy atom. The summed E-state index contributed by atoms with van der Waals surface area (Å²) in [7, 11) is 0. The molecule has 0 spiro atoms. The van der Waals surface area contributed by atoms with Crippen LogP contribution in [-0.4, -0.2) is 24.2 Å². The third-order valence-corrected chi connectivity index (χ3v) is 2.06. The number of hydrogen-bond donors (Lipinski definition) is 3. The van der Waals surface area contributed by atoms with E-state index in [0.717, 1.165) is 6.42 Å². The van der Waals surface area contributed by atoms with Crippen molar-refractivity contribution < 1.29 is 19.1 Å². The Morgan fingerprint density at radius 2 is 1.80 bits per heavy atom. The smallest absolute Gasteiger partial charge is 0.412 e. The Hall–Kier alpha value is -1.76. The van der Waals surface area contributed by atoms with Gasteiger partial charge in [0.25, 0.3) is 5.91 Å². The standard InChI is InChI=1S/C13H25N3O4/c1-6-8-9(19-7-2)10(11(17)16-14)15-12(18)20-13(3,4)5/h6-8,14H2,1-5H3,(H,15,18)(H,16,17)/b10-9+. The average molecular weight is 287 g/mol. The van der Waals surface area contributed by atoms with Gasteiger partial charge in [-0.1, -0.05) is 6.92 Å². The molecule has 20 heavy (non-hydrogen) atoms. The third-order valence-electron chi connectivity index (χ3n) is 2.06. The third kappa shape index (κ3) is 6.98. The normalized spacial score (nSPS) is 12.3. The van der Waals surface area contributed by atoms with E-state index in [9.17, 15) is 9.59 Å². The van der Waals surface area contributed by atoms with Gasteiger partial charge >= 0.3 is 6.09 Å². The minimum atomic E-state index is -0.732. The van der Waals surface area contributed by atoms with Crippen LogP contribution in [-0.2, 0) is 14.3 Å². The molecular formula is C13H25N3O4. The molecule has 0 bridgehead atoms. The lowest BCUT2D eigenvalue weighted by Gasteiger charge is -2.21. The molecule has 7 heteroatoms. The van der Waals surface area contributed by atoms with Crippen LogP contribution in [0, 0.1) is 0 Å². The van der Waals surface area contributed by atoms with Crippen molar-refractivity contribution in [1.29, 1.82) is 0 Å². The highest BCUT2D eigenvalue weighted by Gasteiger charge is 2.22. The number of carbonyl (C=O) groups is 2. The second-order valence-corrected chi connectivity index (χ2v) is 5.08. The van der Waals surface area contributed by atoms with Crippen molar-refractivity contribution >= 4 is 12.0 Å². The van der Waals surface area contributed by atoms with E-state index in [-0.39, 0.29) is 5.70 Å². The Morgan fingerprint density at radius 1 is 1.20 bits per heavy atom. The first-order valence-corrected chi connectivity index (χ1v) is 6.62. The fourth-order valence-electron chi connectivity index (χ4n) is 1.40. The summed E-state index contributed by atoms with van der Waals surface area (Å²) in [6, 6.07) is 0. The Labute approximate surface area is 119 Å². The van der Waals surface area contributed by atoms with Crippen LogP contribution >= 0.6 is 0 Å². The van der Waals surface area contributed by atoms with Gasteiger partial charge in [0.15, 0.2) is 0 Å². The van der Waals surface area contributed by atoms with Gasteiger partial charge in [0.05, 0.1) is 6.61 Å². The molecule has 116 valence electrons. The lowest BCUT2D eigenvalue weighted by molar-refractivity contribution is -0.118. The molecular weight excluding hydrogens is 262 g/mol. The van der Waals surface area contributed by atoms with Crippen LogP contribution in [0.25, 0.3) is 0 Å². The summed E-state index contributed by atoms with van der Waals surface area (Å²) in [4.78, 5) is 23.5.